The van der Waals surface area contributed by atoms with E-state index in [0.29, 0.717) is 43.1 Å². The molecule has 4 aromatic rings. The standard InChI is InChI=1S/C56H64ClN3O11S/c1-6-58(21-7-8-24-69-36-13-9-32(10-14-36)25-35-28-34(12-16-42(35)57)52-51(65)50(64)49(63)47(31-61)71-52)48(62)27-33-11-17-43-40(26-33)55(2,3)53-38-30-39-46(70-45(38)19-22-59(43)53)20-23-60-44-18-15-37(72(66,67)68)29-41(44)56(4,5)54(39)60/h9-18,26,28-30,45-47,49-52,61,63-65H,6-8,19-25,27,31H2,1-5H3/p+1/t45?,46?,47-,49-,50+,51-,52+/m1/s1. The van der Waals surface area contributed by atoms with E-state index in [9.17, 15) is 38.2 Å². The van der Waals surface area contributed by atoms with Crippen LogP contribution in [-0.4, -0.2) is 131 Å². The van der Waals surface area contributed by atoms with Crippen LogP contribution in [-0.2, 0) is 48.1 Å². The molecule has 16 heteroatoms. The molecule has 7 atom stereocenters. The van der Waals surface area contributed by atoms with Gasteiger partial charge in [0.05, 0.1) is 42.2 Å². The minimum atomic E-state index is -4.36. The Bertz CT molecular complexity index is 3000. The zero-order valence-corrected chi connectivity index (χ0v) is 43.0. The lowest BCUT2D eigenvalue weighted by Gasteiger charge is -2.42. The molecule has 1 saturated heterocycles. The van der Waals surface area contributed by atoms with Crippen molar-refractivity contribution in [1.82, 2.24) is 4.90 Å². The van der Waals surface area contributed by atoms with Crippen LogP contribution in [0.4, 0.5) is 11.4 Å². The van der Waals surface area contributed by atoms with Crippen LogP contribution >= 0.6 is 11.6 Å². The van der Waals surface area contributed by atoms with Crippen LogP contribution in [0.1, 0.15) is 99.8 Å². The van der Waals surface area contributed by atoms with Crippen LogP contribution in [0.3, 0.4) is 0 Å². The molecule has 72 heavy (non-hydrogen) atoms. The van der Waals surface area contributed by atoms with Gasteiger partial charge in [-0.2, -0.15) is 13.0 Å². The molecule has 0 aromatic heterocycles. The maximum absolute atomic E-state index is 13.9. The number of halogens is 1. The molecule has 0 spiro atoms. The van der Waals surface area contributed by atoms with Crippen LogP contribution in [0, 0.1) is 0 Å². The molecule has 6 aliphatic heterocycles. The number of hydrogen-bond donors (Lipinski definition) is 5. The van der Waals surface area contributed by atoms with E-state index in [1.807, 2.05) is 48.2 Å². The molecule has 0 saturated carbocycles. The number of fused-ring (bicyclic) bond motifs is 8. The molecule has 0 bridgehead atoms. The average Bonchev–Trinajstić information content (AvgIpc) is 3.73. The number of anilines is 1. The number of likely N-dealkylation sites (N-methyl/N-ethyl adjacent to an activating group) is 1. The highest BCUT2D eigenvalue weighted by Crippen LogP contribution is 2.54. The van der Waals surface area contributed by atoms with E-state index in [4.69, 9.17) is 25.8 Å². The van der Waals surface area contributed by atoms with Gasteiger partial charge in [-0.15, -0.1) is 0 Å². The number of aliphatic hydroxyl groups excluding tert-OH is 4. The summed E-state index contributed by atoms with van der Waals surface area (Å²) in [5.74, 6) is 0.813. The molecule has 5 N–H and O–H groups in total. The summed E-state index contributed by atoms with van der Waals surface area (Å²) in [5.41, 5.74) is 11.2. The van der Waals surface area contributed by atoms with Crippen LogP contribution in [0.5, 0.6) is 5.75 Å². The normalized spacial score (nSPS) is 25.7. The third-order valence-corrected chi connectivity index (χ3v) is 17.1. The van der Waals surface area contributed by atoms with Crippen LogP contribution in [0.2, 0.25) is 5.02 Å². The molecule has 14 nitrogen and oxygen atoms in total. The largest absolute Gasteiger partial charge is 0.494 e. The van der Waals surface area contributed by atoms with Crippen molar-refractivity contribution in [2.45, 2.75) is 132 Å². The minimum Gasteiger partial charge on any atom is -0.494 e. The van der Waals surface area contributed by atoms with Crippen molar-refractivity contribution in [3.8, 4) is 5.75 Å². The molecular formula is C56H65ClN3O11S+. The van der Waals surface area contributed by atoms with Crippen molar-refractivity contribution in [1.29, 1.82) is 0 Å². The predicted molar refractivity (Wildman–Crippen MR) is 273 cm³/mol. The fourth-order valence-corrected chi connectivity index (χ4v) is 12.8. The van der Waals surface area contributed by atoms with Crippen molar-refractivity contribution < 1.29 is 57.0 Å². The van der Waals surface area contributed by atoms with Crippen molar-refractivity contribution in [3.63, 3.8) is 0 Å². The number of carbonyl (C=O) groups is 1. The first-order chi connectivity index (χ1) is 34.3. The summed E-state index contributed by atoms with van der Waals surface area (Å²) >= 11 is 6.57. The monoisotopic (exact) mass is 1020 g/mol. The molecule has 6 heterocycles. The molecule has 1 fully saturated rings. The van der Waals surface area contributed by atoms with Gasteiger partial charge in [0.2, 0.25) is 11.6 Å². The molecule has 4 aromatic carbocycles. The van der Waals surface area contributed by atoms with E-state index in [2.05, 4.69) is 61.4 Å². The summed E-state index contributed by atoms with van der Waals surface area (Å²) in [6, 6.07) is 24.4. The maximum Gasteiger partial charge on any atom is 0.294 e. The third kappa shape index (κ3) is 9.02. The Morgan fingerprint density at radius 3 is 2.38 bits per heavy atom. The number of nitrogens with zero attached hydrogens (tertiary/aromatic N) is 3. The Balaban J connectivity index is 0.756. The molecule has 10 rings (SSSR count). The Labute approximate surface area is 426 Å². The van der Waals surface area contributed by atoms with Gasteiger partial charge < -0.3 is 44.4 Å². The lowest BCUT2D eigenvalue weighted by atomic mass is 9.74. The van der Waals surface area contributed by atoms with Gasteiger partial charge in [-0.3, -0.25) is 9.35 Å². The molecule has 6 aliphatic rings. The molecular weight excluding hydrogens is 958 g/mol. The Morgan fingerprint density at radius 2 is 1.64 bits per heavy atom. The number of unbranched alkanes of at least 4 members (excludes halogenated alkanes) is 1. The summed E-state index contributed by atoms with van der Waals surface area (Å²) < 4.78 is 55.4. The van der Waals surface area contributed by atoms with Crippen molar-refractivity contribution in [3.05, 3.63) is 140 Å². The highest BCUT2D eigenvalue weighted by molar-refractivity contribution is 7.85. The van der Waals surface area contributed by atoms with Crippen LogP contribution < -0.4 is 9.64 Å². The van der Waals surface area contributed by atoms with E-state index >= 15 is 0 Å². The van der Waals surface area contributed by atoms with Gasteiger partial charge in [0.1, 0.15) is 36.3 Å². The number of aliphatic hydroxyl groups is 4. The van der Waals surface area contributed by atoms with Crippen molar-refractivity contribution in [2.24, 2.45) is 0 Å². The average molecular weight is 1020 g/mol. The van der Waals surface area contributed by atoms with Crippen LogP contribution in [0.25, 0.3) is 0 Å². The predicted octanol–water partition coefficient (Wildman–Crippen LogP) is 6.87. The van der Waals surface area contributed by atoms with Gasteiger partial charge in [-0.05, 0) is 117 Å². The molecule has 0 radical (unpaired) electrons. The van der Waals surface area contributed by atoms with Crippen LogP contribution in [0.15, 0.2) is 107 Å². The summed E-state index contributed by atoms with van der Waals surface area (Å²) in [6.45, 7) is 13.6. The fourth-order valence-electron chi connectivity index (χ4n) is 12.1. The molecule has 1 amide bonds. The topological polar surface area (TPSA) is 190 Å². The van der Waals surface area contributed by atoms with Gasteiger partial charge >= 0.3 is 0 Å². The number of carbonyl (C=O) groups excluding carboxylic acids is 1. The van der Waals surface area contributed by atoms with E-state index in [0.717, 1.165) is 89.4 Å². The molecule has 382 valence electrons. The number of allylic oxidation sites excluding steroid dienone is 1. The quantitative estimate of drug-likeness (QED) is 0.0502. The summed E-state index contributed by atoms with van der Waals surface area (Å²) in [7, 11) is -4.36. The zero-order valence-electron chi connectivity index (χ0n) is 41.4. The first-order valence-electron chi connectivity index (χ1n) is 25.2. The van der Waals surface area contributed by atoms with Gasteiger partial charge in [-0.1, -0.05) is 61.8 Å². The summed E-state index contributed by atoms with van der Waals surface area (Å²) in [5, 5.41) is 41.3. The van der Waals surface area contributed by atoms with Gasteiger partial charge in [-0.25, -0.2) is 0 Å². The Kier molecular flexibility index (Phi) is 13.6. The summed E-state index contributed by atoms with van der Waals surface area (Å²) in [4.78, 5) is 18.1. The smallest absolute Gasteiger partial charge is 0.294 e. The summed E-state index contributed by atoms with van der Waals surface area (Å²) in [6.07, 6.45) is -0.00184. The van der Waals surface area contributed by atoms with Crippen molar-refractivity contribution in [2.75, 3.05) is 44.3 Å². The Hall–Kier alpha value is -4.94. The zero-order chi connectivity index (χ0) is 51.0. The lowest BCUT2D eigenvalue weighted by Crippen LogP contribution is -2.55. The van der Waals surface area contributed by atoms with Gasteiger partial charge in [0.25, 0.3) is 10.1 Å². The van der Waals surface area contributed by atoms with E-state index in [1.54, 1.807) is 18.2 Å². The number of ether oxygens (including phenoxy) is 3. The second-order valence-electron chi connectivity index (χ2n) is 21.1. The van der Waals surface area contributed by atoms with E-state index in [1.165, 1.54) is 22.9 Å². The lowest BCUT2D eigenvalue weighted by molar-refractivity contribution is -0.445. The number of benzene rings is 4. The Morgan fingerprint density at radius 1 is 0.875 bits per heavy atom. The minimum absolute atomic E-state index is 0.0478. The van der Waals surface area contributed by atoms with Crippen molar-refractivity contribution >= 4 is 44.7 Å². The highest BCUT2D eigenvalue weighted by atomic mass is 35.5. The number of hydrogen-bond acceptors (Lipinski definition) is 11. The van der Waals surface area contributed by atoms with E-state index < -0.39 is 52.7 Å². The first kappa shape index (κ1) is 50.6. The van der Waals surface area contributed by atoms with Gasteiger partial charge in [0, 0.05) is 70.7 Å². The number of rotatable bonds is 14. The second kappa shape index (κ2) is 19.4. The third-order valence-electron chi connectivity index (χ3n) is 15.9. The van der Waals surface area contributed by atoms with E-state index in [-0.39, 0.29) is 28.4 Å². The van der Waals surface area contributed by atoms with Gasteiger partial charge in [0.15, 0.2) is 12.3 Å². The molecule has 0 aliphatic carbocycles. The molecule has 2 unspecified atom stereocenters. The second-order valence-corrected chi connectivity index (χ2v) is 23.0. The SMILES string of the molecule is CCN(CCCCOc1ccc(Cc2cc([C@@H]3O[C@H](CO)[C@@H](O)[C@H](O)[C@H]3O)ccc2Cl)cc1)C(=O)Cc1ccc2c(c1)C(C)(C)C1=C3C=C4C5=[N+](CCC4OC3CCN12)c1ccc(S(=O)(=O)O)cc1C5(C)C. The first-order valence-corrected chi connectivity index (χ1v) is 27.0. The number of amides is 1. The highest BCUT2D eigenvalue weighted by Gasteiger charge is 2.55. The fraction of sp³-hybridized carbons (Fsp3) is 0.464. The maximum atomic E-state index is 13.9.